The summed E-state index contributed by atoms with van der Waals surface area (Å²) in [5.74, 6) is 0.477. The molecule has 1 aromatic carbocycles. The van der Waals surface area contributed by atoms with Crippen LogP contribution in [0.3, 0.4) is 0 Å². The van der Waals surface area contributed by atoms with Crippen LogP contribution in [0.1, 0.15) is 35.7 Å². The van der Waals surface area contributed by atoms with E-state index in [1.807, 2.05) is 6.07 Å². The molecule has 9 heteroatoms. The highest BCUT2D eigenvalue weighted by atomic mass is 32.2. The van der Waals surface area contributed by atoms with E-state index in [0.29, 0.717) is 23.6 Å². The molecule has 3 heterocycles. The van der Waals surface area contributed by atoms with Gasteiger partial charge in [-0.1, -0.05) is 17.8 Å². The van der Waals surface area contributed by atoms with Gasteiger partial charge in [0, 0.05) is 42.0 Å². The molecule has 5 rings (SSSR count). The fourth-order valence-corrected chi connectivity index (χ4v) is 5.57. The second kappa shape index (κ2) is 7.97. The van der Waals surface area contributed by atoms with Gasteiger partial charge in [-0.05, 0) is 37.0 Å². The first-order valence-corrected chi connectivity index (χ1v) is 11.2. The van der Waals surface area contributed by atoms with Crippen LogP contribution in [0, 0.1) is 0 Å². The number of pyridine rings is 1. The Morgan fingerprint density at radius 1 is 1.32 bits per heavy atom. The fraction of sp³-hybridized carbons (Fsp3) is 0.364. The van der Waals surface area contributed by atoms with Crippen molar-refractivity contribution in [3.8, 4) is 0 Å². The molecule has 2 N–H and O–H groups in total. The topological polar surface area (TPSA) is 106 Å². The normalized spacial score (nSPS) is 17.0. The summed E-state index contributed by atoms with van der Waals surface area (Å²) in [6, 6.07) is 6.70. The highest BCUT2D eigenvalue weighted by Crippen LogP contribution is 2.34. The third kappa shape index (κ3) is 3.68. The molecule has 8 nitrogen and oxygen atoms in total. The molecule has 0 fully saturated rings. The van der Waals surface area contributed by atoms with Gasteiger partial charge in [0.05, 0.1) is 23.9 Å². The van der Waals surface area contributed by atoms with Gasteiger partial charge in [-0.25, -0.2) is 4.98 Å². The zero-order chi connectivity index (χ0) is 21.5. The Hall–Kier alpha value is -2.91. The van der Waals surface area contributed by atoms with E-state index < -0.39 is 0 Å². The maximum absolute atomic E-state index is 12.9. The smallest absolute Gasteiger partial charge is 0.257 e. The standard InChI is InChI=1S/C22H22N4O4S/c1-30-10-12-7-19(27)24-18-8-13(5-6-15(12)18)23-20(28)9-14-11-31-22-25-17-4-2-3-16(17)21(29)26(14)22/h5-8,14H,2-4,9-11H2,1H3,(H,23,28)(H,24,27)/t14-/m1/s1. The van der Waals surface area contributed by atoms with Crippen molar-refractivity contribution in [2.75, 3.05) is 18.2 Å². The van der Waals surface area contributed by atoms with Crippen LogP contribution in [-0.2, 0) is 29.0 Å². The number of aromatic nitrogens is 3. The van der Waals surface area contributed by atoms with Crippen LogP contribution in [0.5, 0.6) is 0 Å². The third-order valence-corrected chi connectivity index (χ3v) is 6.90. The summed E-state index contributed by atoms with van der Waals surface area (Å²) in [5.41, 5.74) is 3.53. The first kappa shape index (κ1) is 20.0. The summed E-state index contributed by atoms with van der Waals surface area (Å²) in [7, 11) is 1.58. The summed E-state index contributed by atoms with van der Waals surface area (Å²) in [6.45, 7) is 0.331. The van der Waals surface area contributed by atoms with Crippen molar-refractivity contribution in [1.29, 1.82) is 0 Å². The maximum Gasteiger partial charge on any atom is 0.257 e. The Morgan fingerprint density at radius 3 is 3.03 bits per heavy atom. The van der Waals surface area contributed by atoms with E-state index in [9.17, 15) is 14.4 Å². The number of thioether (sulfide) groups is 1. The number of carbonyl (C=O) groups excluding carboxylic acids is 1. The number of methoxy groups -OCH3 is 1. The van der Waals surface area contributed by atoms with Crippen molar-refractivity contribution in [3.05, 3.63) is 61.8 Å². The number of fused-ring (bicyclic) bond motifs is 3. The van der Waals surface area contributed by atoms with E-state index in [4.69, 9.17) is 4.74 Å². The average molecular weight is 439 g/mol. The SMILES string of the molecule is COCc1cc(=O)[nH]c2cc(NC(=O)C[C@@H]3CSc4nc5c(c(=O)n43)CCC5)ccc12. The number of hydrogen-bond donors (Lipinski definition) is 2. The molecule has 0 spiro atoms. The molecule has 1 aliphatic heterocycles. The fourth-order valence-electron chi connectivity index (χ4n) is 4.41. The molecular formula is C22H22N4O4S. The molecule has 1 amide bonds. The highest BCUT2D eigenvalue weighted by Gasteiger charge is 2.31. The number of rotatable bonds is 5. The molecular weight excluding hydrogens is 416 g/mol. The van der Waals surface area contributed by atoms with Crippen molar-refractivity contribution in [1.82, 2.24) is 14.5 Å². The number of H-pyrrole nitrogens is 1. The molecule has 3 aromatic rings. The number of carbonyl (C=O) groups is 1. The first-order chi connectivity index (χ1) is 15.0. The van der Waals surface area contributed by atoms with Crippen molar-refractivity contribution >= 4 is 34.3 Å². The van der Waals surface area contributed by atoms with Gasteiger partial charge >= 0.3 is 0 Å². The largest absolute Gasteiger partial charge is 0.380 e. The Bertz CT molecular complexity index is 1310. The van der Waals surface area contributed by atoms with Crippen LogP contribution >= 0.6 is 11.8 Å². The van der Waals surface area contributed by atoms with Gasteiger partial charge in [0.25, 0.3) is 5.56 Å². The van der Waals surface area contributed by atoms with Crippen molar-refractivity contribution in [2.24, 2.45) is 0 Å². The second-order valence-electron chi connectivity index (χ2n) is 7.92. The molecule has 31 heavy (non-hydrogen) atoms. The number of nitrogens with one attached hydrogen (secondary N) is 2. The molecule has 2 aliphatic rings. The lowest BCUT2D eigenvalue weighted by atomic mass is 10.1. The van der Waals surface area contributed by atoms with E-state index >= 15 is 0 Å². The van der Waals surface area contributed by atoms with Gasteiger partial charge in [0.15, 0.2) is 5.16 Å². The number of nitrogens with zero attached hydrogens (tertiary/aromatic N) is 2. The quantitative estimate of drug-likeness (QED) is 0.593. The van der Waals surface area contributed by atoms with Crippen molar-refractivity contribution < 1.29 is 9.53 Å². The van der Waals surface area contributed by atoms with Gasteiger partial charge < -0.3 is 15.0 Å². The van der Waals surface area contributed by atoms with E-state index in [0.717, 1.165) is 46.6 Å². The predicted octanol–water partition coefficient (Wildman–Crippen LogP) is 2.40. The Balaban J connectivity index is 1.36. The minimum Gasteiger partial charge on any atom is -0.380 e. The minimum absolute atomic E-state index is 0.00857. The summed E-state index contributed by atoms with van der Waals surface area (Å²) >= 11 is 1.53. The highest BCUT2D eigenvalue weighted by molar-refractivity contribution is 7.99. The lowest BCUT2D eigenvalue weighted by Crippen LogP contribution is -2.30. The molecule has 0 bridgehead atoms. The van der Waals surface area contributed by atoms with Gasteiger partial charge in [-0.15, -0.1) is 0 Å². The van der Waals surface area contributed by atoms with E-state index in [1.54, 1.807) is 23.8 Å². The van der Waals surface area contributed by atoms with Crippen LogP contribution in [0.25, 0.3) is 10.9 Å². The maximum atomic E-state index is 12.9. The first-order valence-electron chi connectivity index (χ1n) is 10.3. The number of ether oxygens (including phenoxy) is 1. The Labute approximate surface area is 182 Å². The Morgan fingerprint density at radius 2 is 2.19 bits per heavy atom. The average Bonchev–Trinajstić information content (AvgIpc) is 3.35. The van der Waals surface area contributed by atoms with Crippen molar-refractivity contribution in [3.63, 3.8) is 0 Å². The lowest BCUT2D eigenvalue weighted by Gasteiger charge is -2.15. The van der Waals surface area contributed by atoms with Crippen LogP contribution in [0.4, 0.5) is 5.69 Å². The molecule has 0 saturated carbocycles. The van der Waals surface area contributed by atoms with Gasteiger partial charge in [-0.3, -0.25) is 19.0 Å². The zero-order valence-corrected chi connectivity index (χ0v) is 17.9. The number of benzene rings is 1. The van der Waals surface area contributed by atoms with E-state index in [1.165, 1.54) is 17.8 Å². The van der Waals surface area contributed by atoms with Crippen LogP contribution in [-0.4, -0.2) is 33.3 Å². The van der Waals surface area contributed by atoms with Gasteiger partial charge in [-0.2, -0.15) is 0 Å². The zero-order valence-electron chi connectivity index (χ0n) is 17.1. The summed E-state index contributed by atoms with van der Waals surface area (Å²) in [6.07, 6.45) is 2.79. The molecule has 2 aromatic heterocycles. The number of amides is 1. The van der Waals surface area contributed by atoms with E-state index in [2.05, 4.69) is 15.3 Å². The molecule has 0 saturated heterocycles. The minimum atomic E-state index is -0.220. The number of aromatic amines is 1. The number of anilines is 1. The second-order valence-corrected chi connectivity index (χ2v) is 8.90. The predicted molar refractivity (Wildman–Crippen MR) is 119 cm³/mol. The summed E-state index contributed by atoms with van der Waals surface area (Å²) in [4.78, 5) is 45.0. The molecule has 0 unspecified atom stereocenters. The van der Waals surface area contributed by atoms with Gasteiger partial charge in [0.2, 0.25) is 11.5 Å². The Kier molecular flexibility index (Phi) is 5.15. The summed E-state index contributed by atoms with van der Waals surface area (Å²) < 4.78 is 6.87. The summed E-state index contributed by atoms with van der Waals surface area (Å²) in [5, 5.41) is 4.48. The third-order valence-electron chi connectivity index (χ3n) is 5.81. The molecule has 1 aliphatic carbocycles. The van der Waals surface area contributed by atoms with E-state index in [-0.39, 0.29) is 29.5 Å². The van der Waals surface area contributed by atoms with Gasteiger partial charge in [0.1, 0.15) is 0 Å². The molecule has 160 valence electrons. The van der Waals surface area contributed by atoms with Crippen LogP contribution in [0.2, 0.25) is 0 Å². The van der Waals surface area contributed by atoms with Crippen LogP contribution in [0.15, 0.2) is 39.0 Å². The van der Waals surface area contributed by atoms with Crippen molar-refractivity contribution in [2.45, 2.75) is 43.5 Å². The van der Waals surface area contributed by atoms with Crippen LogP contribution < -0.4 is 16.4 Å². The monoisotopic (exact) mass is 438 g/mol. The molecule has 0 radical (unpaired) electrons. The number of hydrogen-bond acceptors (Lipinski definition) is 6. The lowest BCUT2D eigenvalue weighted by molar-refractivity contribution is -0.116. The number of aryl methyl sites for hydroxylation is 1. The molecule has 1 atom stereocenters.